The van der Waals surface area contributed by atoms with E-state index in [1.807, 2.05) is 19.1 Å². The molecule has 0 unspecified atom stereocenters. The average molecular weight is 269 g/mol. The number of hydrogen-bond donors (Lipinski definition) is 0. The van der Waals surface area contributed by atoms with Gasteiger partial charge in [0.05, 0.1) is 12.3 Å². The molecule has 1 aromatic rings. The van der Waals surface area contributed by atoms with Gasteiger partial charge in [0.2, 0.25) is 0 Å². The molecule has 0 radical (unpaired) electrons. The van der Waals surface area contributed by atoms with Crippen LogP contribution in [0.3, 0.4) is 0 Å². The van der Waals surface area contributed by atoms with Crippen LogP contribution in [0.1, 0.15) is 6.92 Å². The van der Waals surface area contributed by atoms with Crippen LogP contribution in [0.4, 0.5) is 5.69 Å². The molecule has 1 aliphatic rings. The molecule has 3 nitrogen and oxygen atoms in total. The van der Waals surface area contributed by atoms with Crippen LogP contribution in [0.15, 0.2) is 24.3 Å². The van der Waals surface area contributed by atoms with E-state index in [1.54, 1.807) is 0 Å². The number of para-hydroxylation sites is 2. The van der Waals surface area contributed by atoms with Crippen molar-refractivity contribution in [2.24, 2.45) is 0 Å². The van der Waals surface area contributed by atoms with E-state index in [0.29, 0.717) is 6.61 Å². The fraction of sp³-hybridized carbons (Fsp3) is 0.571. The maximum atomic E-state index is 5.78. The zero-order chi connectivity index (χ0) is 12.8. The lowest BCUT2D eigenvalue weighted by molar-refractivity contribution is 0.270. The molecule has 0 aliphatic carbocycles. The van der Waals surface area contributed by atoms with Crippen LogP contribution in [-0.4, -0.2) is 50.1 Å². The third kappa shape index (κ3) is 3.30. The van der Waals surface area contributed by atoms with E-state index in [0.717, 1.165) is 44.4 Å². The maximum Gasteiger partial charge on any atom is 0.142 e. The summed E-state index contributed by atoms with van der Waals surface area (Å²) in [7, 11) is 0. The van der Waals surface area contributed by atoms with Gasteiger partial charge in [-0.3, -0.25) is 4.90 Å². The summed E-state index contributed by atoms with van der Waals surface area (Å²) in [5, 5.41) is 0. The minimum Gasteiger partial charge on any atom is -0.492 e. The Kier molecular flexibility index (Phi) is 5.14. The molecule has 1 saturated heterocycles. The Morgan fingerprint density at radius 1 is 1.17 bits per heavy atom. The normalized spacial score (nSPS) is 16.9. The van der Waals surface area contributed by atoms with Gasteiger partial charge in [0.25, 0.3) is 0 Å². The first kappa shape index (κ1) is 13.5. The maximum absolute atomic E-state index is 5.78. The van der Waals surface area contributed by atoms with Crippen LogP contribution in [0, 0.1) is 0 Å². The lowest BCUT2D eigenvalue weighted by Gasteiger charge is -2.36. The van der Waals surface area contributed by atoms with Crippen molar-refractivity contribution in [1.29, 1.82) is 0 Å². The summed E-state index contributed by atoms with van der Waals surface area (Å²) >= 11 is 5.78. The highest BCUT2D eigenvalue weighted by Gasteiger charge is 2.18. The first-order valence-corrected chi connectivity index (χ1v) is 7.13. The molecule has 1 aliphatic heterocycles. The molecule has 1 aromatic carbocycles. The van der Waals surface area contributed by atoms with Gasteiger partial charge in [0.1, 0.15) is 5.75 Å². The van der Waals surface area contributed by atoms with Gasteiger partial charge in [0, 0.05) is 38.6 Å². The minimum atomic E-state index is 0.712. The Balaban J connectivity index is 2.00. The van der Waals surface area contributed by atoms with Crippen LogP contribution >= 0.6 is 11.6 Å². The summed E-state index contributed by atoms with van der Waals surface area (Å²) in [6.45, 7) is 7.96. The van der Waals surface area contributed by atoms with Crippen LogP contribution in [0.25, 0.3) is 0 Å². The predicted molar refractivity (Wildman–Crippen MR) is 77.0 cm³/mol. The van der Waals surface area contributed by atoms with Gasteiger partial charge in [-0.2, -0.15) is 0 Å². The van der Waals surface area contributed by atoms with Crippen molar-refractivity contribution in [2.75, 3.05) is 50.1 Å². The van der Waals surface area contributed by atoms with Crippen LogP contribution in [-0.2, 0) is 0 Å². The van der Waals surface area contributed by atoms with Crippen LogP contribution in [0.5, 0.6) is 5.75 Å². The Hall–Kier alpha value is -0.930. The molecule has 0 N–H and O–H groups in total. The van der Waals surface area contributed by atoms with E-state index in [1.165, 1.54) is 5.69 Å². The fourth-order valence-electron chi connectivity index (χ4n) is 2.33. The molecule has 0 saturated carbocycles. The molecule has 2 rings (SSSR count). The number of ether oxygens (including phenoxy) is 1. The second-order valence-corrected chi connectivity index (χ2v) is 4.80. The van der Waals surface area contributed by atoms with Gasteiger partial charge in [-0.1, -0.05) is 12.1 Å². The molecule has 0 spiro atoms. The van der Waals surface area contributed by atoms with Crippen LogP contribution in [0.2, 0.25) is 0 Å². The number of rotatable bonds is 5. The molecular formula is C14H21ClN2O. The van der Waals surface area contributed by atoms with E-state index in [2.05, 4.69) is 21.9 Å². The van der Waals surface area contributed by atoms with Gasteiger partial charge in [-0.05, 0) is 19.1 Å². The van der Waals surface area contributed by atoms with Crippen molar-refractivity contribution in [3.05, 3.63) is 24.3 Å². The van der Waals surface area contributed by atoms with Gasteiger partial charge in [0.15, 0.2) is 0 Å². The summed E-state index contributed by atoms with van der Waals surface area (Å²) in [4.78, 5) is 4.81. The summed E-state index contributed by atoms with van der Waals surface area (Å²) in [5.74, 6) is 1.71. The largest absolute Gasteiger partial charge is 0.492 e. The Bertz CT molecular complexity index is 365. The quantitative estimate of drug-likeness (QED) is 0.763. The molecule has 0 amide bonds. The van der Waals surface area contributed by atoms with Crippen molar-refractivity contribution >= 4 is 17.3 Å². The molecule has 1 heterocycles. The van der Waals surface area contributed by atoms with E-state index in [9.17, 15) is 0 Å². The zero-order valence-electron chi connectivity index (χ0n) is 10.9. The van der Waals surface area contributed by atoms with E-state index >= 15 is 0 Å². The summed E-state index contributed by atoms with van der Waals surface area (Å²) in [6, 6.07) is 8.29. The Morgan fingerprint density at radius 3 is 2.56 bits per heavy atom. The van der Waals surface area contributed by atoms with E-state index in [4.69, 9.17) is 16.3 Å². The number of anilines is 1. The second-order valence-electron chi connectivity index (χ2n) is 4.42. The highest BCUT2D eigenvalue weighted by atomic mass is 35.5. The van der Waals surface area contributed by atoms with Crippen molar-refractivity contribution in [3.8, 4) is 5.75 Å². The van der Waals surface area contributed by atoms with E-state index in [-0.39, 0.29) is 0 Å². The lowest BCUT2D eigenvalue weighted by atomic mass is 10.2. The molecule has 0 atom stereocenters. The summed E-state index contributed by atoms with van der Waals surface area (Å²) in [6.07, 6.45) is 0. The lowest BCUT2D eigenvalue weighted by Crippen LogP contribution is -2.47. The molecule has 0 bridgehead atoms. The standard InChI is InChI=1S/C14H21ClN2O/c1-2-18-14-6-4-3-5-13(14)17-11-9-16(8-7-15)10-12-17/h3-6H,2,7-12H2,1H3. The predicted octanol–water partition coefficient (Wildman–Crippen LogP) is 2.45. The topological polar surface area (TPSA) is 15.7 Å². The average Bonchev–Trinajstić information content (AvgIpc) is 2.41. The molecule has 18 heavy (non-hydrogen) atoms. The highest BCUT2D eigenvalue weighted by Crippen LogP contribution is 2.28. The molecule has 1 fully saturated rings. The number of hydrogen-bond acceptors (Lipinski definition) is 3. The van der Waals surface area contributed by atoms with Crippen molar-refractivity contribution in [1.82, 2.24) is 4.90 Å². The minimum absolute atomic E-state index is 0.712. The summed E-state index contributed by atoms with van der Waals surface area (Å²) in [5.41, 5.74) is 1.21. The molecule has 100 valence electrons. The number of alkyl halides is 1. The number of halogens is 1. The summed E-state index contributed by atoms with van der Waals surface area (Å²) < 4.78 is 5.69. The smallest absolute Gasteiger partial charge is 0.142 e. The Labute approximate surface area is 114 Å². The van der Waals surface area contributed by atoms with Gasteiger partial charge < -0.3 is 9.64 Å². The highest BCUT2D eigenvalue weighted by molar-refractivity contribution is 6.18. The molecule has 0 aromatic heterocycles. The number of benzene rings is 1. The third-order valence-electron chi connectivity index (χ3n) is 3.28. The third-order valence-corrected chi connectivity index (χ3v) is 3.45. The zero-order valence-corrected chi connectivity index (χ0v) is 11.7. The second kappa shape index (κ2) is 6.86. The van der Waals surface area contributed by atoms with E-state index < -0.39 is 0 Å². The molecule has 4 heteroatoms. The first-order valence-electron chi connectivity index (χ1n) is 6.60. The number of nitrogens with zero attached hydrogens (tertiary/aromatic N) is 2. The Morgan fingerprint density at radius 2 is 1.89 bits per heavy atom. The van der Waals surface area contributed by atoms with Crippen molar-refractivity contribution < 1.29 is 4.74 Å². The van der Waals surface area contributed by atoms with Crippen molar-refractivity contribution in [3.63, 3.8) is 0 Å². The monoisotopic (exact) mass is 268 g/mol. The fourth-order valence-corrected chi connectivity index (χ4v) is 2.57. The van der Waals surface area contributed by atoms with Gasteiger partial charge >= 0.3 is 0 Å². The SMILES string of the molecule is CCOc1ccccc1N1CCN(CCCl)CC1. The van der Waals surface area contributed by atoms with Crippen molar-refractivity contribution in [2.45, 2.75) is 6.92 Å². The van der Waals surface area contributed by atoms with Gasteiger partial charge in [-0.15, -0.1) is 11.6 Å². The first-order chi connectivity index (χ1) is 8.85. The molecular weight excluding hydrogens is 248 g/mol. The van der Waals surface area contributed by atoms with Crippen LogP contribution < -0.4 is 9.64 Å². The number of piperazine rings is 1. The van der Waals surface area contributed by atoms with Gasteiger partial charge in [-0.25, -0.2) is 0 Å².